The van der Waals surface area contributed by atoms with Gasteiger partial charge in [-0.3, -0.25) is 4.79 Å². The van der Waals surface area contributed by atoms with Crippen LogP contribution in [0, 0.1) is 0 Å². The number of phenols is 1. The van der Waals surface area contributed by atoms with E-state index in [1.807, 2.05) is 0 Å². The number of aromatic hydroxyl groups is 1. The lowest BCUT2D eigenvalue weighted by molar-refractivity contribution is -0.134. The van der Waals surface area contributed by atoms with E-state index in [-0.39, 0.29) is 27.8 Å². The first-order chi connectivity index (χ1) is 10.7. The van der Waals surface area contributed by atoms with Crippen LogP contribution in [0.1, 0.15) is 16.8 Å². The minimum absolute atomic E-state index is 0.0471. The smallest absolute Gasteiger partial charge is 0.342 e. The normalized spacial score (nSPS) is 19.3. The maximum absolute atomic E-state index is 12.0. The molecule has 0 bridgehead atoms. The van der Waals surface area contributed by atoms with Crippen molar-refractivity contribution in [3.63, 3.8) is 0 Å². The molecule has 1 aromatic rings. The van der Waals surface area contributed by atoms with Gasteiger partial charge >= 0.3 is 5.97 Å². The van der Waals surface area contributed by atoms with Gasteiger partial charge in [0, 0.05) is 18.1 Å². The molecule has 1 unspecified atom stereocenters. The van der Waals surface area contributed by atoms with Crippen LogP contribution in [0.3, 0.4) is 0 Å². The summed E-state index contributed by atoms with van der Waals surface area (Å²) in [4.78, 5) is 25.1. The number of benzene rings is 1. The van der Waals surface area contributed by atoms with Gasteiger partial charge in [-0.1, -0.05) is 11.6 Å². The number of hydrogen-bond acceptors (Lipinski definition) is 6. The molecule has 1 aliphatic heterocycles. The molecule has 0 aliphatic carbocycles. The van der Waals surface area contributed by atoms with E-state index < -0.39 is 34.4 Å². The number of nitrogens with zero attached hydrogens (tertiary/aromatic N) is 1. The lowest BCUT2D eigenvalue weighted by atomic mass is 10.2. The highest BCUT2D eigenvalue weighted by Gasteiger charge is 2.33. The summed E-state index contributed by atoms with van der Waals surface area (Å²) in [5.41, 5.74) is -0.142. The Bertz CT molecular complexity index is 733. The Morgan fingerprint density at radius 3 is 2.74 bits per heavy atom. The van der Waals surface area contributed by atoms with Crippen molar-refractivity contribution in [3.05, 3.63) is 28.8 Å². The van der Waals surface area contributed by atoms with Gasteiger partial charge in [0.05, 0.1) is 11.5 Å². The summed E-state index contributed by atoms with van der Waals surface area (Å²) >= 11 is 5.74. The molecule has 7 nitrogen and oxygen atoms in total. The van der Waals surface area contributed by atoms with E-state index in [1.165, 1.54) is 30.1 Å². The average Bonchev–Trinajstić information content (AvgIpc) is 2.86. The zero-order valence-corrected chi connectivity index (χ0v) is 13.9. The zero-order valence-electron chi connectivity index (χ0n) is 12.4. The van der Waals surface area contributed by atoms with Gasteiger partial charge < -0.3 is 14.7 Å². The van der Waals surface area contributed by atoms with Crippen LogP contribution >= 0.6 is 11.6 Å². The lowest BCUT2D eigenvalue weighted by Gasteiger charge is -2.23. The van der Waals surface area contributed by atoms with Gasteiger partial charge in [-0.15, -0.1) is 0 Å². The van der Waals surface area contributed by atoms with Crippen molar-refractivity contribution in [1.29, 1.82) is 0 Å². The molecule has 1 saturated heterocycles. The van der Waals surface area contributed by atoms with Gasteiger partial charge in [0.2, 0.25) is 0 Å². The molecule has 1 aromatic carbocycles. The minimum Gasteiger partial charge on any atom is -0.507 e. The van der Waals surface area contributed by atoms with Crippen molar-refractivity contribution in [2.75, 3.05) is 25.2 Å². The van der Waals surface area contributed by atoms with E-state index >= 15 is 0 Å². The summed E-state index contributed by atoms with van der Waals surface area (Å²) < 4.78 is 27.7. The highest BCUT2D eigenvalue weighted by atomic mass is 35.5. The van der Waals surface area contributed by atoms with E-state index in [4.69, 9.17) is 16.3 Å². The second kappa shape index (κ2) is 6.76. The number of phenolic OH excluding ortho intramolecular Hbond substituents is 1. The van der Waals surface area contributed by atoms with Crippen LogP contribution in [0.5, 0.6) is 5.75 Å². The molecule has 1 aliphatic rings. The molecular weight excluding hydrogens is 346 g/mol. The van der Waals surface area contributed by atoms with Crippen LogP contribution in [0.4, 0.5) is 0 Å². The van der Waals surface area contributed by atoms with E-state index in [1.54, 1.807) is 0 Å². The van der Waals surface area contributed by atoms with Crippen LogP contribution in [0.15, 0.2) is 18.2 Å². The Kier molecular flexibility index (Phi) is 5.16. The molecule has 9 heteroatoms. The number of hydrogen-bond donors (Lipinski definition) is 1. The molecule has 126 valence electrons. The first kappa shape index (κ1) is 17.6. The fraction of sp³-hybridized carbons (Fsp3) is 0.429. The Balaban J connectivity index is 1.93. The fourth-order valence-corrected chi connectivity index (χ4v) is 4.21. The maximum Gasteiger partial charge on any atom is 0.342 e. The van der Waals surface area contributed by atoms with Gasteiger partial charge in [0.25, 0.3) is 5.91 Å². The molecule has 0 saturated carbocycles. The molecule has 1 heterocycles. The second-order valence-corrected chi connectivity index (χ2v) is 7.96. The third-order valence-corrected chi connectivity index (χ3v) is 5.64. The molecule has 1 amide bonds. The average molecular weight is 362 g/mol. The molecule has 0 aromatic heterocycles. The summed E-state index contributed by atoms with van der Waals surface area (Å²) in [6.07, 6.45) is 0.369. The van der Waals surface area contributed by atoms with Crippen LogP contribution in [0.2, 0.25) is 5.02 Å². The Hall–Kier alpha value is -1.80. The molecule has 1 N–H and O–H groups in total. The van der Waals surface area contributed by atoms with Crippen LogP contribution in [-0.2, 0) is 19.4 Å². The maximum atomic E-state index is 12.0. The largest absolute Gasteiger partial charge is 0.507 e. The number of amides is 1. The van der Waals surface area contributed by atoms with Crippen molar-refractivity contribution >= 4 is 33.3 Å². The SMILES string of the molecule is CN(C(=O)COC(=O)c1cc(Cl)ccc1O)C1CCS(=O)(=O)C1. The number of esters is 1. The summed E-state index contributed by atoms with van der Waals surface area (Å²) in [6.45, 7) is -0.544. The third kappa shape index (κ3) is 4.35. The number of ether oxygens (including phenoxy) is 1. The number of carbonyl (C=O) groups excluding carboxylic acids is 2. The first-order valence-electron chi connectivity index (χ1n) is 6.81. The number of rotatable bonds is 4. The van der Waals surface area contributed by atoms with E-state index in [0.29, 0.717) is 6.42 Å². The molecule has 23 heavy (non-hydrogen) atoms. The van der Waals surface area contributed by atoms with Crippen LogP contribution < -0.4 is 0 Å². The number of sulfone groups is 1. The number of halogens is 1. The summed E-state index contributed by atoms with van der Waals surface area (Å²) in [6, 6.07) is 3.48. The molecular formula is C14H16ClNO6S. The molecule has 1 atom stereocenters. The fourth-order valence-electron chi connectivity index (χ4n) is 2.26. The summed E-state index contributed by atoms with van der Waals surface area (Å²) in [5.74, 6) is -1.74. The molecule has 0 radical (unpaired) electrons. The van der Waals surface area contributed by atoms with Crippen molar-refractivity contribution in [2.24, 2.45) is 0 Å². The third-order valence-electron chi connectivity index (χ3n) is 3.65. The summed E-state index contributed by atoms with van der Waals surface area (Å²) in [7, 11) is -1.64. The Morgan fingerprint density at radius 2 is 2.13 bits per heavy atom. The van der Waals surface area contributed by atoms with Gasteiger partial charge in [0.15, 0.2) is 16.4 Å². The predicted molar refractivity (Wildman–Crippen MR) is 83.2 cm³/mol. The first-order valence-corrected chi connectivity index (χ1v) is 9.01. The second-order valence-electron chi connectivity index (χ2n) is 5.30. The predicted octanol–water partition coefficient (Wildman–Crippen LogP) is 0.848. The van der Waals surface area contributed by atoms with Crippen molar-refractivity contribution < 1.29 is 27.9 Å². The Morgan fingerprint density at radius 1 is 1.43 bits per heavy atom. The quantitative estimate of drug-likeness (QED) is 0.798. The van der Waals surface area contributed by atoms with E-state index in [0.717, 1.165) is 0 Å². The molecule has 1 fully saturated rings. The Labute approximate surface area is 138 Å². The van der Waals surface area contributed by atoms with Crippen molar-refractivity contribution in [1.82, 2.24) is 4.90 Å². The van der Waals surface area contributed by atoms with Gasteiger partial charge in [-0.25, -0.2) is 13.2 Å². The van der Waals surface area contributed by atoms with E-state index in [2.05, 4.69) is 0 Å². The van der Waals surface area contributed by atoms with Crippen molar-refractivity contribution in [3.8, 4) is 5.75 Å². The zero-order chi connectivity index (χ0) is 17.2. The number of likely N-dealkylation sites (N-methyl/N-ethyl adjacent to an activating group) is 1. The van der Waals surface area contributed by atoms with Crippen LogP contribution in [-0.4, -0.2) is 61.5 Å². The van der Waals surface area contributed by atoms with Crippen LogP contribution in [0.25, 0.3) is 0 Å². The standard InChI is InChI=1S/C14H16ClNO6S/c1-16(10-4-5-23(20,21)8-10)13(18)7-22-14(19)11-6-9(15)2-3-12(11)17/h2-3,6,10,17H,4-5,7-8H2,1H3. The number of carbonyl (C=O) groups is 2. The van der Waals surface area contributed by atoms with Gasteiger partial charge in [-0.05, 0) is 24.6 Å². The van der Waals surface area contributed by atoms with Gasteiger partial charge in [-0.2, -0.15) is 0 Å². The monoisotopic (exact) mass is 361 g/mol. The molecule has 0 spiro atoms. The summed E-state index contributed by atoms with van der Waals surface area (Å²) in [5, 5.41) is 9.83. The highest BCUT2D eigenvalue weighted by Crippen LogP contribution is 2.22. The van der Waals surface area contributed by atoms with Gasteiger partial charge in [0.1, 0.15) is 11.3 Å². The van der Waals surface area contributed by atoms with E-state index in [9.17, 15) is 23.1 Å². The lowest BCUT2D eigenvalue weighted by Crippen LogP contribution is -2.40. The highest BCUT2D eigenvalue weighted by molar-refractivity contribution is 7.91. The topological polar surface area (TPSA) is 101 Å². The molecule has 2 rings (SSSR count). The minimum atomic E-state index is -3.11. The van der Waals surface area contributed by atoms with Crippen molar-refractivity contribution in [2.45, 2.75) is 12.5 Å².